The lowest BCUT2D eigenvalue weighted by Gasteiger charge is -2.14. The van der Waals surface area contributed by atoms with Crippen LogP contribution in [0.25, 0.3) is 11.1 Å². The number of hydrogen-bond acceptors (Lipinski definition) is 4. The highest BCUT2D eigenvalue weighted by Gasteiger charge is 2.22. The van der Waals surface area contributed by atoms with Crippen molar-refractivity contribution >= 4 is 11.7 Å². The molecule has 0 fully saturated rings. The maximum Gasteiger partial charge on any atom is 0.311 e. The molecule has 132 valence electrons. The monoisotopic (exact) mass is 343 g/mol. The Labute approximate surface area is 146 Å². The number of aryl methyl sites for hydroxylation is 1. The first-order valence-electron chi connectivity index (χ1n) is 8.24. The zero-order valence-electron chi connectivity index (χ0n) is 14.1. The van der Waals surface area contributed by atoms with Crippen molar-refractivity contribution < 1.29 is 19.6 Å². The van der Waals surface area contributed by atoms with Crippen LogP contribution in [0, 0.1) is 10.1 Å². The second kappa shape index (κ2) is 8.82. The smallest absolute Gasteiger partial charge is 0.311 e. The highest BCUT2D eigenvalue weighted by Crippen LogP contribution is 2.39. The largest absolute Gasteiger partial charge is 0.486 e. The van der Waals surface area contributed by atoms with Crippen LogP contribution in [0.1, 0.15) is 31.7 Å². The molecule has 2 aromatic rings. The van der Waals surface area contributed by atoms with Crippen molar-refractivity contribution in [3.63, 3.8) is 0 Å². The van der Waals surface area contributed by atoms with Crippen LogP contribution in [0.2, 0.25) is 0 Å². The van der Waals surface area contributed by atoms with Gasteiger partial charge in [-0.15, -0.1) is 0 Å². The number of nitrogens with zero attached hydrogens (tertiary/aromatic N) is 1. The fourth-order valence-electron chi connectivity index (χ4n) is 2.51. The third kappa shape index (κ3) is 5.04. The van der Waals surface area contributed by atoms with Gasteiger partial charge in [-0.05, 0) is 30.0 Å². The van der Waals surface area contributed by atoms with E-state index in [1.807, 2.05) is 37.3 Å². The van der Waals surface area contributed by atoms with Crippen molar-refractivity contribution in [2.75, 3.05) is 6.61 Å². The van der Waals surface area contributed by atoms with Crippen LogP contribution in [0.3, 0.4) is 0 Å². The molecule has 0 aliphatic carbocycles. The first kappa shape index (κ1) is 18.4. The minimum Gasteiger partial charge on any atom is -0.486 e. The molecular weight excluding hydrogens is 322 g/mol. The second-order valence-electron chi connectivity index (χ2n) is 5.71. The van der Waals surface area contributed by atoms with Crippen LogP contribution in [0.4, 0.5) is 5.69 Å². The highest BCUT2D eigenvalue weighted by atomic mass is 16.6. The Balaban J connectivity index is 2.53. The molecular formula is C19H21NO5. The molecule has 0 atom stereocenters. The van der Waals surface area contributed by atoms with E-state index < -0.39 is 10.9 Å². The van der Waals surface area contributed by atoms with Crippen LogP contribution < -0.4 is 4.74 Å². The average molecular weight is 343 g/mol. The molecule has 0 saturated heterocycles. The van der Waals surface area contributed by atoms with Gasteiger partial charge in [0.1, 0.15) is 0 Å². The fraction of sp³-hybridized carbons (Fsp3) is 0.316. The van der Waals surface area contributed by atoms with Crippen LogP contribution in [0.15, 0.2) is 42.5 Å². The molecule has 0 heterocycles. The molecule has 2 rings (SSSR count). The summed E-state index contributed by atoms with van der Waals surface area (Å²) in [6, 6.07) is 12.5. The fourth-order valence-corrected chi connectivity index (χ4v) is 2.51. The van der Waals surface area contributed by atoms with Gasteiger partial charge in [-0.3, -0.25) is 14.9 Å². The molecule has 2 aromatic carbocycles. The quantitative estimate of drug-likeness (QED) is 0.412. The lowest BCUT2D eigenvalue weighted by molar-refractivity contribution is -0.385. The van der Waals surface area contributed by atoms with Crippen molar-refractivity contribution in [1.82, 2.24) is 0 Å². The van der Waals surface area contributed by atoms with E-state index in [1.165, 1.54) is 6.07 Å². The van der Waals surface area contributed by atoms with E-state index in [9.17, 15) is 14.9 Å². The number of unbranched alkanes of at least 4 members (excludes halogenated alkanes) is 1. The normalized spacial score (nSPS) is 10.4. The average Bonchev–Trinajstić information content (AvgIpc) is 2.61. The molecule has 0 spiro atoms. The summed E-state index contributed by atoms with van der Waals surface area (Å²) < 4.78 is 5.75. The molecule has 6 nitrogen and oxygen atoms in total. The summed E-state index contributed by atoms with van der Waals surface area (Å²) in [7, 11) is 0. The van der Waals surface area contributed by atoms with Gasteiger partial charge in [-0.1, -0.05) is 43.7 Å². The Hall–Kier alpha value is -2.89. The lowest BCUT2D eigenvalue weighted by atomic mass is 9.98. The molecule has 0 bridgehead atoms. The molecule has 1 N–H and O–H groups in total. The Bertz CT molecular complexity index is 743. The molecule has 0 saturated carbocycles. The topological polar surface area (TPSA) is 89.7 Å². The summed E-state index contributed by atoms with van der Waals surface area (Å²) in [5.74, 6) is -0.698. The highest BCUT2D eigenvalue weighted by molar-refractivity contribution is 5.77. The summed E-state index contributed by atoms with van der Waals surface area (Å²) in [4.78, 5) is 21.9. The van der Waals surface area contributed by atoms with Crippen molar-refractivity contribution in [2.24, 2.45) is 0 Å². The molecule has 0 aromatic heterocycles. The van der Waals surface area contributed by atoms with Crippen LogP contribution in [-0.2, 0) is 11.2 Å². The molecule has 0 amide bonds. The van der Waals surface area contributed by atoms with Gasteiger partial charge >= 0.3 is 11.7 Å². The number of carbonyl (C=O) groups is 1. The van der Waals surface area contributed by atoms with E-state index in [2.05, 4.69) is 0 Å². The SMILES string of the molecule is CCCCOc1c(-c2ccccc2)cc(CCC(=O)O)cc1[N+](=O)[O-]. The number of carboxylic acids is 1. The molecule has 0 aliphatic rings. The van der Waals surface area contributed by atoms with Crippen LogP contribution in [0.5, 0.6) is 5.75 Å². The predicted molar refractivity (Wildman–Crippen MR) is 94.9 cm³/mol. The Kier molecular flexibility index (Phi) is 6.51. The van der Waals surface area contributed by atoms with Gasteiger partial charge < -0.3 is 9.84 Å². The Morgan fingerprint density at radius 3 is 2.56 bits per heavy atom. The van der Waals surface area contributed by atoms with Crippen LogP contribution in [-0.4, -0.2) is 22.6 Å². The number of ether oxygens (including phenoxy) is 1. The van der Waals surface area contributed by atoms with Gasteiger partial charge in [0.25, 0.3) is 0 Å². The Morgan fingerprint density at radius 1 is 1.24 bits per heavy atom. The third-order valence-corrected chi connectivity index (χ3v) is 3.78. The number of carboxylic acid groups (broad SMARTS) is 1. The number of nitro groups is 1. The minimum atomic E-state index is -0.938. The number of aliphatic carboxylic acids is 1. The second-order valence-corrected chi connectivity index (χ2v) is 5.71. The first-order valence-corrected chi connectivity index (χ1v) is 8.24. The molecule has 6 heteroatoms. The van der Waals surface area contributed by atoms with Gasteiger partial charge in [-0.2, -0.15) is 0 Å². The maximum atomic E-state index is 11.5. The number of hydrogen-bond donors (Lipinski definition) is 1. The summed E-state index contributed by atoms with van der Waals surface area (Å²) >= 11 is 0. The summed E-state index contributed by atoms with van der Waals surface area (Å²) in [6.07, 6.45) is 1.87. The molecule has 25 heavy (non-hydrogen) atoms. The van der Waals surface area contributed by atoms with Crippen molar-refractivity contribution in [2.45, 2.75) is 32.6 Å². The number of nitro benzene ring substituents is 1. The zero-order chi connectivity index (χ0) is 18.2. The zero-order valence-corrected chi connectivity index (χ0v) is 14.1. The van der Waals surface area contributed by atoms with Gasteiger partial charge in [0.15, 0.2) is 0 Å². The standard InChI is InChI=1S/C19H21NO5/c1-2-3-11-25-19-16(15-7-5-4-6-8-15)12-14(9-10-18(21)22)13-17(19)20(23)24/h4-8,12-13H,2-3,9-11H2,1H3,(H,21,22). The molecule has 0 unspecified atom stereocenters. The van der Waals surface area contributed by atoms with E-state index in [0.29, 0.717) is 17.7 Å². The Morgan fingerprint density at radius 2 is 1.96 bits per heavy atom. The van der Waals surface area contributed by atoms with E-state index in [-0.39, 0.29) is 24.3 Å². The number of benzene rings is 2. The predicted octanol–water partition coefficient (Wildman–Crippen LogP) is 4.46. The van der Waals surface area contributed by atoms with E-state index in [1.54, 1.807) is 6.07 Å². The lowest BCUT2D eigenvalue weighted by Crippen LogP contribution is -2.04. The van der Waals surface area contributed by atoms with Crippen molar-refractivity contribution in [1.29, 1.82) is 0 Å². The van der Waals surface area contributed by atoms with Crippen molar-refractivity contribution in [3.05, 3.63) is 58.1 Å². The van der Waals surface area contributed by atoms with E-state index >= 15 is 0 Å². The van der Waals surface area contributed by atoms with Gasteiger partial charge in [-0.25, -0.2) is 0 Å². The van der Waals surface area contributed by atoms with Crippen LogP contribution >= 0.6 is 0 Å². The van der Waals surface area contributed by atoms with E-state index in [0.717, 1.165) is 18.4 Å². The summed E-state index contributed by atoms with van der Waals surface area (Å²) in [5.41, 5.74) is 1.90. The van der Waals surface area contributed by atoms with Gasteiger partial charge in [0, 0.05) is 18.1 Å². The first-order chi connectivity index (χ1) is 12.0. The minimum absolute atomic E-state index is 0.0819. The van der Waals surface area contributed by atoms with Gasteiger partial charge in [0.2, 0.25) is 5.75 Å². The van der Waals surface area contributed by atoms with E-state index in [4.69, 9.17) is 9.84 Å². The van der Waals surface area contributed by atoms with Gasteiger partial charge in [0.05, 0.1) is 11.5 Å². The van der Waals surface area contributed by atoms with Crippen molar-refractivity contribution in [3.8, 4) is 16.9 Å². The third-order valence-electron chi connectivity index (χ3n) is 3.78. The molecule has 0 radical (unpaired) electrons. The molecule has 0 aliphatic heterocycles. The summed E-state index contributed by atoms with van der Waals surface area (Å²) in [5, 5.41) is 20.4. The maximum absolute atomic E-state index is 11.5. The summed E-state index contributed by atoms with van der Waals surface area (Å²) in [6.45, 7) is 2.41. The number of rotatable bonds is 9.